The van der Waals surface area contributed by atoms with Gasteiger partial charge in [-0.15, -0.1) is 0 Å². The maximum atomic E-state index is 12.1. The van der Waals surface area contributed by atoms with Crippen LogP contribution in [0.1, 0.15) is 19.4 Å². The number of nitrogens with one attached hydrogen (secondary N) is 1. The molecule has 0 radical (unpaired) electrons. The zero-order valence-corrected chi connectivity index (χ0v) is 10.8. The number of nitrogens with zero attached hydrogens (tertiary/aromatic N) is 2. The molecule has 1 aromatic heterocycles. The molecule has 2 N–H and O–H groups in total. The number of aliphatic hydroxyl groups is 1. The first-order valence-electron chi connectivity index (χ1n) is 6.08. The number of hydrogen-bond acceptors (Lipinski definition) is 4. The molecule has 1 aliphatic rings. The quantitative estimate of drug-likeness (QED) is 0.800. The molecule has 0 aliphatic carbocycles. The fraction of sp³-hybridized carbons (Fsp3) is 0.538. The highest BCUT2D eigenvalue weighted by Crippen LogP contribution is 2.17. The molecule has 5 nitrogen and oxygen atoms in total. The van der Waals surface area contributed by atoms with Gasteiger partial charge in [0.15, 0.2) is 0 Å². The van der Waals surface area contributed by atoms with Gasteiger partial charge in [-0.3, -0.25) is 15.1 Å². The minimum atomic E-state index is -0.509. The van der Waals surface area contributed by atoms with Crippen molar-refractivity contribution in [2.75, 3.05) is 13.2 Å². The molecule has 0 bridgehead atoms. The number of aliphatic hydroxyl groups excluding tert-OH is 1. The van der Waals surface area contributed by atoms with E-state index in [0.717, 1.165) is 5.56 Å². The maximum Gasteiger partial charge on any atom is 0.242 e. The summed E-state index contributed by atoms with van der Waals surface area (Å²) in [6.45, 7) is 5.04. The van der Waals surface area contributed by atoms with Gasteiger partial charge < -0.3 is 10.0 Å². The smallest absolute Gasteiger partial charge is 0.242 e. The van der Waals surface area contributed by atoms with Gasteiger partial charge in [-0.25, -0.2) is 0 Å². The lowest BCUT2D eigenvalue weighted by Crippen LogP contribution is -2.65. The first-order valence-corrected chi connectivity index (χ1v) is 6.08. The van der Waals surface area contributed by atoms with Crippen molar-refractivity contribution in [3.8, 4) is 0 Å². The Labute approximate surface area is 107 Å². The Hall–Kier alpha value is -1.46. The van der Waals surface area contributed by atoms with Gasteiger partial charge >= 0.3 is 0 Å². The molecule has 1 atom stereocenters. The van der Waals surface area contributed by atoms with Crippen LogP contribution in [0.2, 0.25) is 0 Å². The predicted octanol–water partition coefficient (Wildman–Crippen LogP) is 0.153. The molecule has 2 rings (SSSR count). The molecule has 1 fully saturated rings. The number of carbonyl (C=O) groups is 1. The summed E-state index contributed by atoms with van der Waals surface area (Å²) < 4.78 is 0. The van der Waals surface area contributed by atoms with Gasteiger partial charge in [-0.05, 0) is 25.5 Å². The lowest BCUT2D eigenvalue weighted by atomic mass is 9.98. The van der Waals surface area contributed by atoms with Crippen LogP contribution in [0.25, 0.3) is 0 Å². The summed E-state index contributed by atoms with van der Waals surface area (Å²) in [6, 6.07) is 3.30. The van der Waals surface area contributed by atoms with E-state index in [-0.39, 0.29) is 18.1 Å². The average Bonchev–Trinajstić information content (AvgIpc) is 2.34. The standard InChI is InChI=1S/C13H19N3O2/c1-13(2)9-16(12(18)11(8-17)15-13)7-10-4-3-5-14-6-10/h3-6,11,15,17H,7-9H2,1-2H3. The topological polar surface area (TPSA) is 65.5 Å². The number of amides is 1. The third-order valence-electron chi connectivity index (χ3n) is 3.04. The molecule has 1 amide bonds. The van der Waals surface area contributed by atoms with E-state index in [9.17, 15) is 9.90 Å². The Bertz CT molecular complexity index is 420. The second kappa shape index (κ2) is 5.04. The van der Waals surface area contributed by atoms with Gasteiger partial charge in [0.2, 0.25) is 5.91 Å². The highest BCUT2D eigenvalue weighted by atomic mass is 16.3. The molecule has 1 aromatic rings. The van der Waals surface area contributed by atoms with Crippen LogP contribution in [0.4, 0.5) is 0 Å². The summed E-state index contributed by atoms with van der Waals surface area (Å²) in [5, 5.41) is 12.4. The van der Waals surface area contributed by atoms with Crippen LogP contribution in [0, 0.1) is 0 Å². The van der Waals surface area contributed by atoms with Crippen molar-refractivity contribution in [1.29, 1.82) is 0 Å². The van der Waals surface area contributed by atoms with E-state index in [4.69, 9.17) is 0 Å². The zero-order chi connectivity index (χ0) is 13.2. The van der Waals surface area contributed by atoms with Gasteiger partial charge in [0.1, 0.15) is 6.04 Å². The number of piperazine rings is 1. The van der Waals surface area contributed by atoms with Crippen LogP contribution < -0.4 is 5.32 Å². The van der Waals surface area contributed by atoms with E-state index in [1.807, 2.05) is 26.0 Å². The molecule has 1 aliphatic heterocycles. The molecular formula is C13H19N3O2. The van der Waals surface area contributed by atoms with E-state index >= 15 is 0 Å². The Morgan fingerprint density at radius 1 is 1.61 bits per heavy atom. The predicted molar refractivity (Wildman–Crippen MR) is 67.7 cm³/mol. The van der Waals surface area contributed by atoms with Gasteiger partial charge in [0.25, 0.3) is 0 Å². The molecule has 5 heteroatoms. The Balaban J connectivity index is 2.13. The molecule has 1 unspecified atom stereocenters. The number of carbonyl (C=O) groups excluding carboxylic acids is 1. The highest BCUT2D eigenvalue weighted by Gasteiger charge is 2.37. The molecular weight excluding hydrogens is 230 g/mol. The van der Waals surface area contributed by atoms with Crippen molar-refractivity contribution in [3.63, 3.8) is 0 Å². The van der Waals surface area contributed by atoms with Gasteiger partial charge in [0, 0.05) is 31.0 Å². The van der Waals surface area contributed by atoms with Crippen LogP contribution in [-0.4, -0.2) is 45.6 Å². The van der Waals surface area contributed by atoms with Crippen molar-refractivity contribution >= 4 is 5.91 Å². The number of aromatic nitrogens is 1. The van der Waals surface area contributed by atoms with Crippen LogP contribution in [-0.2, 0) is 11.3 Å². The first-order chi connectivity index (χ1) is 8.52. The summed E-state index contributed by atoms with van der Waals surface area (Å²) in [5.41, 5.74) is 0.809. The fourth-order valence-corrected chi connectivity index (χ4v) is 2.32. The third-order valence-corrected chi connectivity index (χ3v) is 3.04. The van der Waals surface area contributed by atoms with Crippen molar-refractivity contribution < 1.29 is 9.90 Å². The zero-order valence-electron chi connectivity index (χ0n) is 10.8. The normalized spacial score (nSPS) is 23.2. The van der Waals surface area contributed by atoms with Crippen molar-refractivity contribution in [3.05, 3.63) is 30.1 Å². The number of hydrogen-bond donors (Lipinski definition) is 2. The molecule has 98 valence electrons. The van der Waals surface area contributed by atoms with Crippen LogP contribution >= 0.6 is 0 Å². The van der Waals surface area contributed by atoms with E-state index in [1.54, 1.807) is 17.3 Å². The number of rotatable bonds is 3. The Morgan fingerprint density at radius 2 is 2.39 bits per heavy atom. The minimum absolute atomic E-state index is 0.0549. The number of pyridine rings is 1. The maximum absolute atomic E-state index is 12.1. The fourth-order valence-electron chi connectivity index (χ4n) is 2.32. The summed E-state index contributed by atoms with van der Waals surface area (Å²) in [5.74, 6) is -0.0549. The van der Waals surface area contributed by atoms with Gasteiger partial charge in [-0.1, -0.05) is 6.07 Å². The highest BCUT2D eigenvalue weighted by molar-refractivity contribution is 5.83. The van der Waals surface area contributed by atoms with E-state index in [1.165, 1.54) is 0 Å². The van der Waals surface area contributed by atoms with Crippen LogP contribution in [0.3, 0.4) is 0 Å². The van der Waals surface area contributed by atoms with Crippen molar-refractivity contribution in [2.24, 2.45) is 0 Å². The summed E-state index contributed by atoms with van der Waals surface area (Å²) in [7, 11) is 0. The lowest BCUT2D eigenvalue weighted by Gasteiger charge is -2.42. The molecule has 18 heavy (non-hydrogen) atoms. The van der Waals surface area contributed by atoms with E-state index in [0.29, 0.717) is 13.1 Å². The third kappa shape index (κ3) is 2.86. The van der Waals surface area contributed by atoms with Crippen molar-refractivity contribution in [1.82, 2.24) is 15.2 Å². The Kier molecular flexibility index (Phi) is 3.63. The van der Waals surface area contributed by atoms with Crippen LogP contribution in [0.15, 0.2) is 24.5 Å². The first kappa shape index (κ1) is 13.0. The second-order valence-corrected chi connectivity index (χ2v) is 5.32. The largest absolute Gasteiger partial charge is 0.394 e. The summed E-state index contributed by atoms with van der Waals surface area (Å²) in [4.78, 5) is 18.0. The van der Waals surface area contributed by atoms with Gasteiger partial charge in [-0.2, -0.15) is 0 Å². The van der Waals surface area contributed by atoms with Crippen molar-refractivity contribution in [2.45, 2.75) is 32.0 Å². The van der Waals surface area contributed by atoms with Crippen LogP contribution in [0.5, 0.6) is 0 Å². The minimum Gasteiger partial charge on any atom is -0.394 e. The van der Waals surface area contributed by atoms with Gasteiger partial charge in [0.05, 0.1) is 6.61 Å². The molecule has 1 saturated heterocycles. The molecule has 0 saturated carbocycles. The lowest BCUT2D eigenvalue weighted by molar-refractivity contribution is -0.140. The van der Waals surface area contributed by atoms with E-state index < -0.39 is 6.04 Å². The average molecular weight is 249 g/mol. The second-order valence-electron chi connectivity index (χ2n) is 5.32. The summed E-state index contributed by atoms with van der Waals surface area (Å²) in [6.07, 6.45) is 3.47. The molecule has 2 heterocycles. The van der Waals surface area contributed by atoms with E-state index in [2.05, 4.69) is 10.3 Å². The summed E-state index contributed by atoms with van der Waals surface area (Å²) >= 11 is 0. The molecule has 0 spiro atoms. The SMILES string of the molecule is CC1(C)CN(Cc2cccnc2)C(=O)C(CO)N1. The molecule has 0 aromatic carbocycles. The Morgan fingerprint density at radius 3 is 3.00 bits per heavy atom. The monoisotopic (exact) mass is 249 g/mol.